The van der Waals surface area contributed by atoms with E-state index >= 15 is 0 Å². The lowest BCUT2D eigenvalue weighted by Gasteiger charge is -2.35. The molecular weight excluding hydrogens is 388 g/mol. The van der Waals surface area contributed by atoms with Crippen LogP contribution >= 0.6 is 11.3 Å². The topological polar surface area (TPSA) is 88.4 Å². The normalized spacial score (nSPS) is 18.4. The maximum Gasteiger partial charge on any atom is 0.292 e. The first kappa shape index (κ1) is 19.5. The summed E-state index contributed by atoms with van der Waals surface area (Å²) >= 11 is 1.72. The number of para-hydroxylation sites is 3. The van der Waals surface area contributed by atoms with Crippen LogP contribution in [0.25, 0.3) is 10.2 Å². The van der Waals surface area contributed by atoms with E-state index in [4.69, 9.17) is 4.98 Å². The van der Waals surface area contributed by atoms with Crippen molar-refractivity contribution in [3.63, 3.8) is 0 Å². The van der Waals surface area contributed by atoms with Crippen LogP contribution in [0.3, 0.4) is 0 Å². The van der Waals surface area contributed by atoms with E-state index in [-0.39, 0.29) is 23.3 Å². The molecule has 1 amide bonds. The van der Waals surface area contributed by atoms with E-state index in [1.165, 1.54) is 10.8 Å². The van der Waals surface area contributed by atoms with Gasteiger partial charge < -0.3 is 5.32 Å². The molecule has 2 aromatic carbocycles. The minimum atomic E-state index is -0.482. The molecule has 2 atom stereocenters. The Kier molecular flexibility index (Phi) is 5.55. The molecule has 1 fully saturated rings. The third kappa shape index (κ3) is 4.13. The van der Waals surface area contributed by atoms with Gasteiger partial charge in [-0.25, -0.2) is 4.98 Å². The van der Waals surface area contributed by atoms with E-state index in [0.29, 0.717) is 5.92 Å². The Bertz CT molecular complexity index is 1020. The summed E-state index contributed by atoms with van der Waals surface area (Å²) in [5, 5.41) is 15.0. The first-order valence-electron chi connectivity index (χ1n) is 9.66. The van der Waals surface area contributed by atoms with Gasteiger partial charge in [0.2, 0.25) is 5.91 Å². The number of carbonyl (C=O) groups excluding carboxylic acids is 1. The van der Waals surface area contributed by atoms with Crippen LogP contribution in [0.1, 0.15) is 30.7 Å². The highest BCUT2D eigenvalue weighted by molar-refractivity contribution is 7.18. The highest BCUT2D eigenvalue weighted by Crippen LogP contribution is 2.33. The number of nitrogens with zero attached hydrogens (tertiary/aromatic N) is 3. The van der Waals surface area contributed by atoms with Gasteiger partial charge in [-0.2, -0.15) is 0 Å². The summed E-state index contributed by atoms with van der Waals surface area (Å²) in [5.74, 6) is 0.0618. The number of hydrogen-bond acceptors (Lipinski definition) is 6. The molecule has 0 unspecified atom stereocenters. The number of nitro groups is 1. The van der Waals surface area contributed by atoms with Crippen molar-refractivity contribution in [3.8, 4) is 0 Å². The van der Waals surface area contributed by atoms with Crippen molar-refractivity contribution in [2.24, 2.45) is 0 Å². The molecule has 0 saturated carbocycles. The summed E-state index contributed by atoms with van der Waals surface area (Å²) in [4.78, 5) is 30.4. The summed E-state index contributed by atoms with van der Waals surface area (Å²) in [7, 11) is 0. The van der Waals surface area contributed by atoms with Gasteiger partial charge in [0.15, 0.2) is 0 Å². The molecule has 0 radical (unpaired) electrons. The number of nitrogens with one attached hydrogen (secondary N) is 1. The van der Waals surface area contributed by atoms with Crippen molar-refractivity contribution < 1.29 is 9.72 Å². The van der Waals surface area contributed by atoms with Crippen LogP contribution < -0.4 is 5.32 Å². The first-order valence-corrected chi connectivity index (χ1v) is 10.5. The molecule has 0 bridgehead atoms. The molecule has 1 saturated heterocycles. The number of amides is 1. The van der Waals surface area contributed by atoms with Crippen molar-refractivity contribution in [2.75, 3.05) is 18.4 Å². The van der Waals surface area contributed by atoms with Crippen molar-refractivity contribution >= 4 is 38.8 Å². The van der Waals surface area contributed by atoms with Crippen molar-refractivity contribution in [2.45, 2.75) is 31.7 Å². The molecule has 0 aliphatic carbocycles. The molecule has 29 heavy (non-hydrogen) atoms. The van der Waals surface area contributed by atoms with E-state index < -0.39 is 4.92 Å². The molecule has 7 nitrogen and oxygen atoms in total. The van der Waals surface area contributed by atoms with Gasteiger partial charge in [0.25, 0.3) is 5.69 Å². The van der Waals surface area contributed by atoms with Gasteiger partial charge >= 0.3 is 0 Å². The quantitative estimate of drug-likeness (QED) is 0.497. The van der Waals surface area contributed by atoms with Crippen molar-refractivity contribution in [1.82, 2.24) is 9.88 Å². The Morgan fingerprint density at radius 1 is 1.28 bits per heavy atom. The number of likely N-dealkylation sites (tertiary alicyclic amines) is 1. The second-order valence-corrected chi connectivity index (χ2v) is 8.36. The van der Waals surface area contributed by atoms with Crippen LogP contribution in [-0.2, 0) is 4.79 Å². The van der Waals surface area contributed by atoms with Crippen LogP contribution in [0.5, 0.6) is 0 Å². The van der Waals surface area contributed by atoms with Crippen LogP contribution in [0.15, 0.2) is 48.5 Å². The van der Waals surface area contributed by atoms with Gasteiger partial charge in [0.05, 0.1) is 26.2 Å². The predicted octanol–water partition coefficient (Wildman–Crippen LogP) is 4.41. The van der Waals surface area contributed by atoms with E-state index in [9.17, 15) is 14.9 Å². The average Bonchev–Trinajstić information content (AvgIpc) is 3.18. The largest absolute Gasteiger partial charge is 0.319 e. The SMILES string of the molecule is C[C@@H](C(=O)Nc1ccccc1[N+](=O)[O-])N1CCC[C@H](c2nc3ccccc3s2)C1. The molecule has 3 aromatic rings. The number of benzene rings is 2. The second kappa shape index (κ2) is 8.26. The first-order chi connectivity index (χ1) is 14.0. The smallest absolute Gasteiger partial charge is 0.292 e. The molecular formula is C21H22N4O3S. The lowest BCUT2D eigenvalue weighted by Crippen LogP contribution is -2.46. The summed E-state index contributed by atoms with van der Waals surface area (Å²) in [6, 6.07) is 14.0. The minimum absolute atomic E-state index is 0.0981. The summed E-state index contributed by atoms with van der Waals surface area (Å²) in [6.45, 7) is 3.43. The number of rotatable bonds is 5. The molecule has 1 aromatic heterocycles. The molecule has 4 rings (SSSR count). The predicted molar refractivity (Wildman–Crippen MR) is 114 cm³/mol. The number of hydrogen-bond donors (Lipinski definition) is 1. The Morgan fingerprint density at radius 3 is 2.83 bits per heavy atom. The number of carbonyl (C=O) groups is 1. The van der Waals surface area contributed by atoms with E-state index in [2.05, 4.69) is 16.3 Å². The maximum atomic E-state index is 12.8. The van der Waals surface area contributed by atoms with E-state index in [1.54, 1.807) is 29.5 Å². The standard InChI is InChI=1S/C21H22N4O3S/c1-14(20(26)22-16-8-2-4-10-18(16)25(27)28)24-12-6-7-15(13-24)21-23-17-9-3-5-11-19(17)29-21/h2-5,8-11,14-15H,6-7,12-13H2,1H3,(H,22,26)/t14-,15-/m0/s1. The van der Waals surface area contributed by atoms with E-state index in [0.717, 1.165) is 36.5 Å². The molecule has 1 N–H and O–H groups in total. The van der Waals surface area contributed by atoms with Crippen LogP contribution in [0, 0.1) is 10.1 Å². The van der Waals surface area contributed by atoms with Gasteiger partial charge in [-0.15, -0.1) is 11.3 Å². The molecule has 1 aliphatic heterocycles. The Balaban J connectivity index is 1.46. The minimum Gasteiger partial charge on any atom is -0.319 e. The molecule has 1 aliphatic rings. The third-order valence-corrected chi connectivity index (χ3v) is 6.60. The molecule has 8 heteroatoms. The fourth-order valence-electron chi connectivity index (χ4n) is 3.77. The fourth-order valence-corrected chi connectivity index (χ4v) is 4.86. The second-order valence-electron chi connectivity index (χ2n) is 7.29. The third-order valence-electron chi connectivity index (χ3n) is 5.40. The van der Waals surface area contributed by atoms with Gasteiger partial charge in [-0.05, 0) is 44.5 Å². The maximum absolute atomic E-state index is 12.8. The number of nitro benzene ring substituents is 1. The van der Waals surface area contributed by atoms with Crippen LogP contribution in [0.2, 0.25) is 0 Å². The monoisotopic (exact) mass is 410 g/mol. The van der Waals surface area contributed by atoms with Gasteiger partial charge in [0.1, 0.15) is 5.69 Å². The zero-order chi connectivity index (χ0) is 20.4. The highest BCUT2D eigenvalue weighted by atomic mass is 32.1. The molecule has 150 valence electrons. The zero-order valence-corrected chi connectivity index (χ0v) is 16.9. The summed E-state index contributed by atoms with van der Waals surface area (Å²) < 4.78 is 1.18. The van der Waals surface area contributed by atoms with Crippen molar-refractivity contribution in [3.05, 3.63) is 63.7 Å². The summed E-state index contributed by atoms with van der Waals surface area (Å²) in [5.41, 5.74) is 1.15. The fraction of sp³-hybridized carbons (Fsp3) is 0.333. The molecule has 2 heterocycles. The average molecular weight is 410 g/mol. The number of thiazole rings is 1. The van der Waals surface area contributed by atoms with Crippen LogP contribution in [-0.4, -0.2) is 39.8 Å². The van der Waals surface area contributed by atoms with Gasteiger partial charge in [0, 0.05) is 18.5 Å². The van der Waals surface area contributed by atoms with Gasteiger partial charge in [-0.1, -0.05) is 24.3 Å². The Morgan fingerprint density at radius 2 is 2.03 bits per heavy atom. The van der Waals surface area contributed by atoms with E-state index in [1.807, 2.05) is 25.1 Å². The van der Waals surface area contributed by atoms with Crippen molar-refractivity contribution in [1.29, 1.82) is 0 Å². The highest BCUT2D eigenvalue weighted by Gasteiger charge is 2.30. The Hall–Kier alpha value is -2.84. The number of piperidine rings is 1. The van der Waals surface area contributed by atoms with Crippen LogP contribution in [0.4, 0.5) is 11.4 Å². The van der Waals surface area contributed by atoms with Gasteiger partial charge in [-0.3, -0.25) is 19.8 Å². The molecule has 0 spiro atoms. The lowest BCUT2D eigenvalue weighted by molar-refractivity contribution is -0.383. The number of fused-ring (bicyclic) bond motifs is 1. The Labute approximate surface area is 172 Å². The summed E-state index contributed by atoms with van der Waals surface area (Å²) in [6.07, 6.45) is 2.04. The number of aromatic nitrogens is 1. The number of anilines is 1. The zero-order valence-electron chi connectivity index (χ0n) is 16.1. The lowest BCUT2D eigenvalue weighted by atomic mass is 9.97.